The molecule has 0 radical (unpaired) electrons. The molecular formula is C16H14ClF3N2S. The van der Waals surface area contributed by atoms with E-state index in [-0.39, 0.29) is 22.8 Å². The number of nitrogens with one attached hydrogen (secondary N) is 1. The van der Waals surface area contributed by atoms with Gasteiger partial charge in [0.25, 0.3) is 0 Å². The Bertz CT molecular complexity index is 749. The summed E-state index contributed by atoms with van der Waals surface area (Å²) in [5.74, 6) is 0.465. The van der Waals surface area contributed by atoms with Gasteiger partial charge >= 0.3 is 6.18 Å². The number of hydrogen-bond donors (Lipinski definition) is 2. The summed E-state index contributed by atoms with van der Waals surface area (Å²) >= 11 is 10.3. The molecule has 2 aromatic rings. The van der Waals surface area contributed by atoms with E-state index >= 15 is 0 Å². The molecule has 0 amide bonds. The van der Waals surface area contributed by atoms with E-state index < -0.39 is 11.7 Å². The predicted molar refractivity (Wildman–Crippen MR) is 87.5 cm³/mol. The standard InChI is InChI=1S/C16H14ClF3N2S/c1-8-12-6-11(23)3-2-9(12)4-14(8)22-15-13(17)5-10(7-21-15)16(18,19)20/h2-3,5-8,14,23H,4H2,1H3,(H,21,22). The van der Waals surface area contributed by atoms with Crippen LogP contribution in [0.3, 0.4) is 0 Å². The minimum Gasteiger partial charge on any atom is -0.365 e. The maximum atomic E-state index is 12.7. The van der Waals surface area contributed by atoms with E-state index in [1.54, 1.807) is 0 Å². The Morgan fingerprint density at radius 1 is 1.30 bits per heavy atom. The van der Waals surface area contributed by atoms with Crippen LogP contribution in [0, 0.1) is 0 Å². The van der Waals surface area contributed by atoms with Crippen LogP contribution in [0.15, 0.2) is 35.4 Å². The lowest BCUT2D eigenvalue weighted by molar-refractivity contribution is -0.137. The van der Waals surface area contributed by atoms with Crippen molar-refractivity contribution in [2.45, 2.75) is 36.4 Å². The highest BCUT2D eigenvalue weighted by Crippen LogP contribution is 2.37. The molecule has 2 nitrogen and oxygen atoms in total. The molecule has 1 N–H and O–H groups in total. The number of pyridine rings is 1. The summed E-state index contributed by atoms with van der Waals surface area (Å²) in [6, 6.07) is 6.90. The molecule has 0 aliphatic heterocycles. The summed E-state index contributed by atoms with van der Waals surface area (Å²) in [6.45, 7) is 2.06. The summed E-state index contributed by atoms with van der Waals surface area (Å²) < 4.78 is 38.0. The molecule has 0 fully saturated rings. The monoisotopic (exact) mass is 358 g/mol. The normalized spacial score (nSPS) is 20.4. The van der Waals surface area contributed by atoms with Gasteiger partial charge in [0, 0.05) is 23.1 Å². The van der Waals surface area contributed by atoms with Gasteiger partial charge in [-0.25, -0.2) is 4.98 Å². The molecule has 1 heterocycles. The van der Waals surface area contributed by atoms with Crippen LogP contribution in [0.25, 0.3) is 0 Å². The zero-order valence-electron chi connectivity index (χ0n) is 12.2. The Morgan fingerprint density at radius 2 is 2.04 bits per heavy atom. The molecular weight excluding hydrogens is 345 g/mol. The Hall–Kier alpha value is -1.40. The average molecular weight is 359 g/mol. The molecule has 1 aromatic carbocycles. The van der Waals surface area contributed by atoms with Gasteiger partial charge in [-0.15, -0.1) is 12.6 Å². The van der Waals surface area contributed by atoms with Crippen molar-refractivity contribution in [3.05, 3.63) is 52.2 Å². The molecule has 0 saturated carbocycles. The molecule has 2 atom stereocenters. The minimum absolute atomic E-state index is 0.0295. The maximum Gasteiger partial charge on any atom is 0.417 e. The molecule has 1 aliphatic carbocycles. The molecule has 7 heteroatoms. The number of anilines is 1. The van der Waals surface area contributed by atoms with Crippen molar-refractivity contribution in [2.75, 3.05) is 5.32 Å². The van der Waals surface area contributed by atoms with Gasteiger partial charge < -0.3 is 5.32 Å². The van der Waals surface area contributed by atoms with E-state index in [4.69, 9.17) is 11.6 Å². The maximum absolute atomic E-state index is 12.7. The Kier molecular flexibility index (Phi) is 4.23. The molecule has 0 saturated heterocycles. The van der Waals surface area contributed by atoms with Crippen molar-refractivity contribution in [3.8, 4) is 0 Å². The van der Waals surface area contributed by atoms with E-state index in [0.717, 1.165) is 23.6 Å². The number of alkyl halides is 3. The molecule has 122 valence electrons. The highest BCUT2D eigenvalue weighted by atomic mass is 35.5. The Morgan fingerprint density at radius 3 is 2.70 bits per heavy atom. The fourth-order valence-corrected chi connectivity index (χ4v) is 3.31. The van der Waals surface area contributed by atoms with Crippen LogP contribution in [-0.2, 0) is 12.6 Å². The Labute approximate surface area is 142 Å². The van der Waals surface area contributed by atoms with Crippen molar-refractivity contribution in [1.29, 1.82) is 0 Å². The fraction of sp³-hybridized carbons (Fsp3) is 0.312. The zero-order valence-corrected chi connectivity index (χ0v) is 13.8. The molecule has 0 spiro atoms. The molecule has 23 heavy (non-hydrogen) atoms. The summed E-state index contributed by atoms with van der Waals surface area (Å²) in [7, 11) is 0. The van der Waals surface area contributed by atoms with Gasteiger partial charge in [0.05, 0.1) is 10.6 Å². The minimum atomic E-state index is -4.45. The summed E-state index contributed by atoms with van der Waals surface area (Å²) in [5, 5.41) is 3.14. The molecule has 2 unspecified atom stereocenters. The molecule has 0 bridgehead atoms. The van der Waals surface area contributed by atoms with Gasteiger partial charge in [-0.2, -0.15) is 13.2 Å². The highest BCUT2D eigenvalue weighted by Gasteiger charge is 2.33. The number of rotatable bonds is 2. The van der Waals surface area contributed by atoms with Crippen molar-refractivity contribution in [3.63, 3.8) is 0 Å². The topological polar surface area (TPSA) is 24.9 Å². The lowest BCUT2D eigenvalue weighted by atomic mass is 10.0. The second-order valence-electron chi connectivity index (χ2n) is 5.68. The largest absolute Gasteiger partial charge is 0.417 e. The molecule has 1 aliphatic rings. The van der Waals surface area contributed by atoms with Crippen LogP contribution in [0.5, 0.6) is 0 Å². The van der Waals surface area contributed by atoms with Crippen LogP contribution in [0.2, 0.25) is 5.02 Å². The number of benzene rings is 1. The summed E-state index contributed by atoms with van der Waals surface area (Å²) in [5.41, 5.74) is 1.55. The second kappa shape index (κ2) is 5.91. The first-order chi connectivity index (χ1) is 10.8. The van der Waals surface area contributed by atoms with Gasteiger partial charge in [-0.1, -0.05) is 24.6 Å². The predicted octanol–water partition coefficient (Wildman–Crippen LogP) is 5.18. The highest BCUT2D eigenvalue weighted by molar-refractivity contribution is 7.80. The van der Waals surface area contributed by atoms with Gasteiger partial charge in [-0.05, 0) is 35.7 Å². The zero-order chi connectivity index (χ0) is 16.8. The van der Waals surface area contributed by atoms with Crippen LogP contribution >= 0.6 is 24.2 Å². The van der Waals surface area contributed by atoms with Crippen molar-refractivity contribution in [2.24, 2.45) is 0 Å². The lowest BCUT2D eigenvalue weighted by Gasteiger charge is -2.20. The van der Waals surface area contributed by atoms with Gasteiger partial charge in [0.15, 0.2) is 0 Å². The first-order valence-corrected chi connectivity index (χ1v) is 7.89. The van der Waals surface area contributed by atoms with Gasteiger partial charge in [0.2, 0.25) is 0 Å². The number of thiol groups is 1. The number of fused-ring (bicyclic) bond motifs is 1. The average Bonchev–Trinajstić information content (AvgIpc) is 2.77. The van der Waals surface area contributed by atoms with E-state index in [2.05, 4.69) is 29.9 Å². The smallest absolute Gasteiger partial charge is 0.365 e. The third-order valence-corrected chi connectivity index (χ3v) is 4.72. The number of halogens is 4. The van der Waals surface area contributed by atoms with Crippen LogP contribution in [0.1, 0.15) is 29.5 Å². The van der Waals surface area contributed by atoms with Crippen LogP contribution < -0.4 is 5.32 Å². The first-order valence-electron chi connectivity index (χ1n) is 7.07. The van der Waals surface area contributed by atoms with Crippen molar-refractivity contribution >= 4 is 30.0 Å². The van der Waals surface area contributed by atoms with Gasteiger partial charge in [-0.3, -0.25) is 0 Å². The third-order valence-electron chi connectivity index (χ3n) is 4.15. The molecule has 3 rings (SSSR count). The molecule has 1 aromatic heterocycles. The number of hydrogen-bond acceptors (Lipinski definition) is 3. The van der Waals surface area contributed by atoms with Gasteiger partial charge in [0.1, 0.15) is 5.82 Å². The lowest BCUT2D eigenvalue weighted by Crippen LogP contribution is -2.23. The Balaban J connectivity index is 1.81. The summed E-state index contributed by atoms with van der Waals surface area (Å²) in [6.07, 6.45) is -2.88. The fourth-order valence-electron chi connectivity index (χ4n) is 2.87. The van der Waals surface area contributed by atoms with E-state index in [9.17, 15) is 13.2 Å². The number of nitrogens with zero attached hydrogens (tertiary/aromatic N) is 1. The number of aromatic nitrogens is 1. The second-order valence-corrected chi connectivity index (χ2v) is 6.60. The van der Waals surface area contributed by atoms with Crippen molar-refractivity contribution < 1.29 is 13.2 Å². The van der Waals surface area contributed by atoms with Crippen molar-refractivity contribution in [1.82, 2.24) is 4.98 Å². The van der Waals surface area contributed by atoms with E-state index in [0.29, 0.717) is 0 Å². The van der Waals surface area contributed by atoms with E-state index in [1.807, 2.05) is 18.2 Å². The van der Waals surface area contributed by atoms with Crippen LogP contribution in [-0.4, -0.2) is 11.0 Å². The third kappa shape index (κ3) is 3.28. The first kappa shape index (κ1) is 16.5. The quantitative estimate of drug-likeness (QED) is 0.723. The van der Waals surface area contributed by atoms with E-state index in [1.165, 1.54) is 11.1 Å². The summed E-state index contributed by atoms with van der Waals surface area (Å²) in [4.78, 5) is 4.74. The SMILES string of the molecule is CC1c2cc(S)ccc2CC1Nc1ncc(C(F)(F)F)cc1Cl. The van der Waals surface area contributed by atoms with Crippen LogP contribution in [0.4, 0.5) is 19.0 Å².